The van der Waals surface area contributed by atoms with Crippen molar-refractivity contribution < 1.29 is 26.7 Å². The highest BCUT2D eigenvalue weighted by Gasteiger charge is 2.31. The lowest BCUT2D eigenvalue weighted by molar-refractivity contribution is -0.137. The van der Waals surface area contributed by atoms with Gasteiger partial charge in [0.05, 0.1) is 5.56 Å². The van der Waals surface area contributed by atoms with Crippen molar-refractivity contribution in [3.05, 3.63) is 64.7 Å². The third-order valence-electron chi connectivity index (χ3n) is 2.92. The Kier molecular flexibility index (Phi) is 5.05. The van der Waals surface area contributed by atoms with Gasteiger partial charge in [0, 0.05) is 16.5 Å². The van der Waals surface area contributed by atoms with Crippen LogP contribution in [0.2, 0.25) is 0 Å². The third kappa shape index (κ3) is 3.97. The molecule has 0 N–H and O–H groups in total. The number of alkyl halides is 4. The van der Waals surface area contributed by atoms with E-state index in [1.54, 1.807) is 0 Å². The monoisotopic (exact) mass is 380 g/mol. The second kappa shape index (κ2) is 6.64. The molecule has 0 fully saturated rings. The first-order valence-corrected chi connectivity index (χ1v) is 7.26. The van der Waals surface area contributed by atoms with Gasteiger partial charge in [-0.2, -0.15) is 13.2 Å². The number of ether oxygens (including phenoxy) is 1. The van der Waals surface area contributed by atoms with Crippen LogP contribution in [0.4, 0.5) is 22.0 Å². The van der Waals surface area contributed by atoms with Crippen molar-refractivity contribution in [2.75, 3.05) is 0 Å². The van der Waals surface area contributed by atoms with Gasteiger partial charge in [-0.1, -0.05) is 15.9 Å². The molecule has 118 valence electrons. The molecule has 0 atom stereocenters. The van der Waals surface area contributed by atoms with E-state index in [1.807, 2.05) is 0 Å². The van der Waals surface area contributed by atoms with E-state index in [1.165, 1.54) is 0 Å². The number of benzene rings is 2. The molecule has 22 heavy (non-hydrogen) atoms. The highest BCUT2D eigenvalue weighted by atomic mass is 79.9. The van der Waals surface area contributed by atoms with Crippen LogP contribution in [0.15, 0.2) is 36.4 Å². The van der Waals surface area contributed by atoms with Crippen molar-refractivity contribution in [3.63, 3.8) is 0 Å². The van der Waals surface area contributed by atoms with E-state index in [0.717, 1.165) is 36.4 Å². The summed E-state index contributed by atoms with van der Waals surface area (Å²) in [6, 6.07) is 5.91. The average molecular weight is 381 g/mol. The molecule has 2 aromatic rings. The normalized spacial score (nSPS) is 11.5. The summed E-state index contributed by atoms with van der Waals surface area (Å²) in [5.74, 6) is -1.09. The molecule has 0 aliphatic carbocycles. The fourth-order valence-corrected chi connectivity index (χ4v) is 2.25. The first-order chi connectivity index (χ1) is 10.3. The standard InChI is InChI=1S/C15H10BrF5O/c16-7-9-5-11(15(19,20)21)1-4-14(9)22-8-10-6-12(17)2-3-13(10)18/h1-6H,7-8H2. The summed E-state index contributed by atoms with van der Waals surface area (Å²) in [5, 5.41) is 0.137. The quantitative estimate of drug-likeness (QED) is 0.505. The summed E-state index contributed by atoms with van der Waals surface area (Å²) in [6.45, 7) is -0.283. The van der Waals surface area contributed by atoms with Gasteiger partial charge in [0.15, 0.2) is 0 Å². The summed E-state index contributed by atoms with van der Waals surface area (Å²) in [5.41, 5.74) is -0.543. The van der Waals surface area contributed by atoms with Crippen molar-refractivity contribution in [3.8, 4) is 5.75 Å². The van der Waals surface area contributed by atoms with E-state index < -0.39 is 23.4 Å². The Labute approximate surface area is 131 Å². The minimum atomic E-state index is -4.45. The number of hydrogen-bond acceptors (Lipinski definition) is 1. The molecule has 0 bridgehead atoms. The maximum Gasteiger partial charge on any atom is 0.416 e. The van der Waals surface area contributed by atoms with E-state index in [4.69, 9.17) is 4.74 Å². The van der Waals surface area contributed by atoms with Crippen LogP contribution in [-0.4, -0.2) is 0 Å². The molecule has 0 saturated carbocycles. The second-order valence-electron chi connectivity index (χ2n) is 4.48. The smallest absolute Gasteiger partial charge is 0.416 e. The molecule has 0 aliphatic heterocycles. The molecule has 7 heteroatoms. The molecule has 0 unspecified atom stereocenters. The Morgan fingerprint density at radius 1 is 0.955 bits per heavy atom. The molecule has 0 heterocycles. The number of rotatable bonds is 4. The first kappa shape index (κ1) is 16.7. The summed E-state index contributed by atoms with van der Waals surface area (Å²) < 4.78 is 69.7. The third-order valence-corrected chi connectivity index (χ3v) is 3.53. The van der Waals surface area contributed by atoms with Gasteiger partial charge in [-0.3, -0.25) is 0 Å². The van der Waals surface area contributed by atoms with Gasteiger partial charge in [0.2, 0.25) is 0 Å². The second-order valence-corrected chi connectivity index (χ2v) is 5.04. The SMILES string of the molecule is Fc1ccc(F)c(COc2ccc(C(F)(F)F)cc2CBr)c1. The molecule has 2 aromatic carbocycles. The molecule has 0 aromatic heterocycles. The molecule has 0 amide bonds. The molecule has 2 rings (SSSR count). The Morgan fingerprint density at radius 3 is 2.32 bits per heavy atom. The summed E-state index contributed by atoms with van der Waals surface area (Å²) in [7, 11) is 0. The summed E-state index contributed by atoms with van der Waals surface area (Å²) >= 11 is 3.08. The van der Waals surface area contributed by atoms with Crippen molar-refractivity contribution in [1.82, 2.24) is 0 Å². The van der Waals surface area contributed by atoms with Gasteiger partial charge < -0.3 is 4.74 Å². The minimum absolute atomic E-state index is 0.0135. The maximum absolute atomic E-state index is 13.5. The molecule has 1 nitrogen and oxygen atoms in total. The molecule has 0 radical (unpaired) electrons. The van der Waals surface area contributed by atoms with Crippen LogP contribution >= 0.6 is 15.9 Å². The Hall–Kier alpha value is -1.63. The van der Waals surface area contributed by atoms with Crippen LogP contribution in [0.1, 0.15) is 16.7 Å². The van der Waals surface area contributed by atoms with Crippen LogP contribution < -0.4 is 4.74 Å². The van der Waals surface area contributed by atoms with Crippen LogP contribution in [0.5, 0.6) is 5.75 Å². The Balaban J connectivity index is 2.21. The van der Waals surface area contributed by atoms with Gasteiger partial charge in [-0.15, -0.1) is 0 Å². The minimum Gasteiger partial charge on any atom is -0.488 e. The van der Waals surface area contributed by atoms with E-state index in [-0.39, 0.29) is 28.8 Å². The van der Waals surface area contributed by atoms with Crippen LogP contribution in [0.25, 0.3) is 0 Å². The number of halogens is 6. The topological polar surface area (TPSA) is 9.23 Å². The predicted molar refractivity (Wildman–Crippen MR) is 74.8 cm³/mol. The lowest BCUT2D eigenvalue weighted by Crippen LogP contribution is -2.07. The summed E-state index contributed by atoms with van der Waals surface area (Å²) in [6.07, 6.45) is -4.45. The highest BCUT2D eigenvalue weighted by molar-refractivity contribution is 9.08. The lowest BCUT2D eigenvalue weighted by atomic mass is 10.1. The van der Waals surface area contributed by atoms with Crippen molar-refractivity contribution >= 4 is 15.9 Å². The largest absolute Gasteiger partial charge is 0.488 e. The Bertz CT molecular complexity index is 669. The Morgan fingerprint density at radius 2 is 1.68 bits per heavy atom. The van der Waals surface area contributed by atoms with Crippen molar-refractivity contribution in [2.45, 2.75) is 18.1 Å². The number of hydrogen-bond donors (Lipinski definition) is 0. The molecular weight excluding hydrogens is 371 g/mol. The van der Waals surface area contributed by atoms with E-state index in [9.17, 15) is 22.0 Å². The van der Waals surface area contributed by atoms with Crippen LogP contribution in [0, 0.1) is 11.6 Å². The van der Waals surface area contributed by atoms with Crippen LogP contribution in [0.3, 0.4) is 0 Å². The molecule has 0 spiro atoms. The average Bonchev–Trinajstić information content (AvgIpc) is 2.47. The van der Waals surface area contributed by atoms with Gasteiger partial charge in [0.1, 0.15) is 24.0 Å². The van der Waals surface area contributed by atoms with E-state index in [0.29, 0.717) is 0 Å². The lowest BCUT2D eigenvalue weighted by Gasteiger charge is -2.13. The molecule has 0 saturated heterocycles. The fourth-order valence-electron chi connectivity index (χ4n) is 1.81. The predicted octanol–water partition coefficient (Wildman–Crippen LogP) is 5.46. The highest BCUT2D eigenvalue weighted by Crippen LogP contribution is 2.33. The van der Waals surface area contributed by atoms with Gasteiger partial charge in [-0.25, -0.2) is 8.78 Å². The first-order valence-electron chi connectivity index (χ1n) is 6.14. The van der Waals surface area contributed by atoms with Crippen molar-refractivity contribution in [1.29, 1.82) is 0 Å². The maximum atomic E-state index is 13.5. The summed E-state index contributed by atoms with van der Waals surface area (Å²) in [4.78, 5) is 0. The van der Waals surface area contributed by atoms with Gasteiger partial charge >= 0.3 is 6.18 Å². The fraction of sp³-hybridized carbons (Fsp3) is 0.200. The zero-order valence-corrected chi connectivity index (χ0v) is 12.6. The zero-order valence-electron chi connectivity index (χ0n) is 11.1. The zero-order chi connectivity index (χ0) is 16.3. The molecular formula is C15H10BrF5O. The van der Waals surface area contributed by atoms with E-state index in [2.05, 4.69) is 15.9 Å². The van der Waals surface area contributed by atoms with E-state index >= 15 is 0 Å². The van der Waals surface area contributed by atoms with Gasteiger partial charge in [0.25, 0.3) is 0 Å². The van der Waals surface area contributed by atoms with Crippen LogP contribution in [-0.2, 0) is 18.1 Å². The van der Waals surface area contributed by atoms with Crippen molar-refractivity contribution in [2.24, 2.45) is 0 Å². The van der Waals surface area contributed by atoms with Gasteiger partial charge in [-0.05, 0) is 36.4 Å². The molecule has 0 aliphatic rings.